The van der Waals surface area contributed by atoms with Gasteiger partial charge in [-0.1, -0.05) is 54.6 Å². The van der Waals surface area contributed by atoms with E-state index in [9.17, 15) is 20.0 Å². The molecule has 272 valence electrons. The van der Waals surface area contributed by atoms with Crippen LogP contribution in [0.5, 0.6) is 11.5 Å². The molecule has 0 aromatic heterocycles. The molecule has 2 fully saturated rings. The van der Waals surface area contributed by atoms with Gasteiger partial charge in [0.05, 0.1) is 23.7 Å². The van der Waals surface area contributed by atoms with E-state index in [0.717, 1.165) is 60.9 Å². The monoisotopic (exact) mass is 715 g/mol. The molecule has 0 spiro atoms. The summed E-state index contributed by atoms with van der Waals surface area (Å²) in [6.07, 6.45) is -0.301. The molecule has 0 radical (unpaired) electrons. The Hall–Kier alpha value is -5.79. The number of aliphatic hydroxyl groups is 1. The molecule has 3 N–H and O–H groups in total. The van der Waals surface area contributed by atoms with Crippen molar-refractivity contribution in [3.05, 3.63) is 154 Å². The van der Waals surface area contributed by atoms with Crippen LogP contribution in [-0.4, -0.2) is 59.8 Å². The van der Waals surface area contributed by atoms with Crippen molar-refractivity contribution in [2.75, 3.05) is 48.3 Å². The van der Waals surface area contributed by atoms with Gasteiger partial charge < -0.3 is 34.9 Å². The smallest absolute Gasteiger partial charge is 0.323 e. The lowest BCUT2D eigenvalue weighted by Crippen LogP contribution is -2.49. The van der Waals surface area contributed by atoms with Crippen molar-refractivity contribution in [2.45, 2.75) is 31.5 Å². The molecule has 3 unspecified atom stereocenters. The molecule has 2 aliphatic heterocycles. The number of amides is 2. The molecule has 0 saturated carbocycles. The van der Waals surface area contributed by atoms with Crippen LogP contribution >= 0.6 is 0 Å². The minimum atomic E-state index is -0.628. The first-order valence-electron chi connectivity index (χ1n) is 17.6. The number of carbonyl (C=O) groups is 1. The molecule has 7 rings (SSSR count). The second-order valence-corrected chi connectivity index (χ2v) is 13.1. The van der Waals surface area contributed by atoms with Gasteiger partial charge in [-0.2, -0.15) is 0 Å². The van der Waals surface area contributed by atoms with Gasteiger partial charge in [0.1, 0.15) is 11.5 Å². The molecular formula is C41H41N5O7. The van der Waals surface area contributed by atoms with Gasteiger partial charge in [-0.15, -0.1) is 0 Å². The second-order valence-electron chi connectivity index (χ2n) is 13.1. The third-order valence-electron chi connectivity index (χ3n) is 9.41. The number of para-hydroxylation sites is 1. The van der Waals surface area contributed by atoms with Crippen LogP contribution < -0.4 is 20.3 Å². The maximum absolute atomic E-state index is 12.8. The molecule has 2 saturated heterocycles. The Bertz CT molecular complexity index is 1950. The molecule has 0 aliphatic carbocycles. The highest BCUT2D eigenvalue weighted by atomic mass is 16.7. The number of rotatable bonds is 11. The molecule has 2 amide bonds. The lowest BCUT2D eigenvalue weighted by molar-refractivity contribution is -0.384. The van der Waals surface area contributed by atoms with Crippen molar-refractivity contribution in [3.8, 4) is 11.5 Å². The van der Waals surface area contributed by atoms with Crippen LogP contribution in [0.4, 0.5) is 27.5 Å². The number of nitrogens with one attached hydrogen (secondary N) is 2. The Balaban J connectivity index is 0.965. The zero-order chi connectivity index (χ0) is 36.6. The molecule has 5 aromatic carbocycles. The van der Waals surface area contributed by atoms with Gasteiger partial charge in [-0.05, 0) is 71.8 Å². The van der Waals surface area contributed by atoms with E-state index in [4.69, 9.17) is 14.2 Å². The second kappa shape index (κ2) is 16.7. The third-order valence-corrected chi connectivity index (χ3v) is 9.41. The average Bonchev–Trinajstić information content (AvgIpc) is 3.19. The fraction of sp³-hybridized carbons (Fsp3) is 0.244. The van der Waals surface area contributed by atoms with Gasteiger partial charge >= 0.3 is 6.03 Å². The van der Waals surface area contributed by atoms with E-state index in [1.165, 1.54) is 0 Å². The topological polar surface area (TPSA) is 139 Å². The fourth-order valence-electron chi connectivity index (χ4n) is 6.54. The predicted molar refractivity (Wildman–Crippen MR) is 202 cm³/mol. The summed E-state index contributed by atoms with van der Waals surface area (Å²) < 4.78 is 18.9. The summed E-state index contributed by atoms with van der Waals surface area (Å²) in [4.78, 5) is 28.1. The molecule has 12 heteroatoms. The minimum absolute atomic E-state index is 0.0274. The van der Waals surface area contributed by atoms with Crippen molar-refractivity contribution < 1.29 is 29.0 Å². The summed E-state index contributed by atoms with van der Waals surface area (Å²) in [6.45, 7) is 3.94. The number of piperazine rings is 1. The maximum Gasteiger partial charge on any atom is 0.323 e. The Morgan fingerprint density at radius 1 is 0.755 bits per heavy atom. The van der Waals surface area contributed by atoms with Crippen LogP contribution in [0.1, 0.15) is 35.5 Å². The molecule has 12 nitrogen and oxygen atoms in total. The number of hydrogen-bond donors (Lipinski definition) is 3. The van der Waals surface area contributed by atoms with Gasteiger partial charge in [-0.25, -0.2) is 4.79 Å². The van der Waals surface area contributed by atoms with Crippen molar-refractivity contribution >= 4 is 28.8 Å². The van der Waals surface area contributed by atoms with Crippen LogP contribution in [0.15, 0.2) is 127 Å². The van der Waals surface area contributed by atoms with Crippen molar-refractivity contribution in [1.29, 1.82) is 0 Å². The number of anilines is 3. The normalized spacial score (nSPS) is 19.0. The number of hydrogen-bond acceptors (Lipinski definition) is 9. The van der Waals surface area contributed by atoms with E-state index in [1.807, 2.05) is 78.9 Å². The minimum Gasteiger partial charge on any atom is -0.457 e. The number of nitrogens with zero attached hydrogens (tertiary/aromatic N) is 3. The highest BCUT2D eigenvalue weighted by Crippen LogP contribution is 2.38. The number of nitro benzene ring substituents is 1. The fourth-order valence-corrected chi connectivity index (χ4v) is 6.54. The van der Waals surface area contributed by atoms with E-state index in [2.05, 4.69) is 20.4 Å². The molecule has 3 atom stereocenters. The maximum atomic E-state index is 12.8. The summed E-state index contributed by atoms with van der Waals surface area (Å²) in [5, 5.41) is 26.4. The zero-order valence-corrected chi connectivity index (χ0v) is 29.0. The van der Waals surface area contributed by atoms with Crippen LogP contribution in [0, 0.1) is 10.1 Å². The number of aliphatic hydroxyl groups excluding tert-OH is 1. The number of non-ortho nitro benzene ring substituents is 1. The first-order chi connectivity index (χ1) is 25.9. The Labute approximate surface area is 307 Å². The number of benzene rings is 5. The first kappa shape index (κ1) is 35.6. The van der Waals surface area contributed by atoms with Crippen molar-refractivity contribution in [3.63, 3.8) is 0 Å². The molecule has 53 heavy (non-hydrogen) atoms. The van der Waals surface area contributed by atoms with Crippen molar-refractivity contribution in [1.82, 2.24) is 4.90 Å². The van der Waals surface area contributed by atoms with Crippen LogP contribution in [0.2, 0.25) is 0 Å². The largest absolute Gasteiger partial charge is 0.457 e. The molecule has 5 aromatic rings. The van der Waals surface area contributed by atoms with E-state index in [1.54, 1.807) is 48.5 Å². The SMILES string of the molecule is O=C(Nc1ccc(Oc2ccccc2)cc1)Nc1ccc(C2OC(CN3CCN(c4ccc([N+](=O)[O-])cc4)CC3)CC(c3ccc(CO)cc3)O2)cc1. The number of nitro groups is 1. The Kier molecular flexibility index (Phi) is 11.2. The van der Waals surface area contributed by atoms with Gasteiger partial charge in [0.2, 0.25) is 0 Å². The van der Waals surface area contributed by atoms with E-state index < -0.39 is 6.29 Å². The summed E-state index contributed by atoms with van der Waals surface area (Å²) in [6, 6.07) is 38.2. The summed E-state index contributed by atoms with van der Waals surface area (Å²) in [5.74, 6) is 1.40. The highest BCUT2D eigenvalue weighted by molar-refractivity contribution is 5.99. The third kappa shape index (κ3) is 9.36. The van der Waals surface area contributed by atoms with Gasteiger partial charge in [0, 0.05) is 73.9 Å². The molecular weight excluding hydrogens is 674 g/mol. The van der Waals surface area contributed by atoms with Gasteiger partial charge in [-0.3, -0.25) is 15.0 Å². The summed E-state index contributed by atoms with van der Waals surface area (Å²) >= 11 is 0. The van der Waals surface area contributed by atoms with Crippen molar-refractivity contribution in [2.24, 2.45) is 0 Å². The quantitative estimate of drug-likeness (QED) is 0.0921. The average molecular weight is 716 g/mol. The van der Waals surface area contributed by atoms with Crippen LogP contribution in [0.25, 0.3) is 0 Å². The molecule has 2 heterocycles. The number of carbonyl (C=O) groups excluding carboxylic acids is 1. The molecule has 0 bridgehead atoms. The van der Waals surface area contributed by atoms with Gasteiger partial charge in [0.15, 0.2) is 6.29 Å². The Morgan fingerprint density at radius 3 is 1.98 bits per heavy atom. The number of urea groups is 1. The van der Waals surface area contributed by atoms with E-state index in [-0.39, 0.29) is 35.5 Å². The lowest BCUT2D eigenvalue weighted by atomic mass is 9.99. The molecule has 2 aliphatic rings. The van der Waals surface area contributed by atoms with Crippen LogP contribution in [0.3, 0.4) is 0 Å². The lowest BCUT2D eigenvalue weighted by Gasteiger charge is -2.41. The summed E-state index contributed by atoms with van der Waals surface area (Å²) in [5.41, 5.74) is 4.98. The predicted octanol–water partition coefficient (Wildman–Crippen LogP) is 7.89. The Morgan fingerprint density at radius 2 is 1.36 bits per heavy atom. The van der Waals surface area contributed by atoms with E-state index >= 15 is 0 Å². The highest BCUT2D eigenvalue weighted by Gasteiger charge is 2.34. The number of ether oxygens (including phenoxy) is 3. The first-order valence-corrected chi connectivity index (χ1v) is 17.6. The van der Waals surface area contributed by atoms with E-state index in [0.29, 0.717) is 23.5 Å². The summed E-state index contributed by atoms with van der Waals surface area (Å²) in [7, 11) is 0. The standard InChI is InChI=1S/C41H41N5O7/c47-28-29-6-8-30(9-7-29)39-26-38(27-44-22-24-45(25-23-44)34-16-18-35(19-17-34)46(49)50)52-40(53-39)31-10-12-32(13-11-31)42-41(48)43-33-14-20-37(21-15-33)51-36-4-2-1-3-5-36/h1-21,38-40,47H,22-28H2,(H2,42,43,48). The van der Waals surface area contributed by atoms with Crippen LogP contribution in [-0.2, 0) is 16.1 Å². The zero-order valence-electron chi connectivity index (χ0n) is 29.0. The van der Waals surface area contributed by atoms with Gasteiger partial charge in [0.25, 0.3) is 5.69 Å².